The first kappa shape index (κ1) is 22.2. The molecule has 1 fully saturated rings. The number of sulfone groups is 1. The molecule has 0 atom stereocenters. The molecule has 1 aliphatic carbocycles. The van der Waals surface area contributed by atoms with E-state index in [0.29, 0.717) is 17.5 Å². The normalized spacial score (nSPS) is 21.3. The molecule has 1 saturated carbocycles. The molecular weight excluding hydrogens is 453 g/mol. The zero-order valence-electron chi connectivity index (χ0n) is 14.7. The van der Waals surface area contributed by atoms with Gasteiger partial charge in [-0.05, 0) is 50.3 Å². The Kier molecular flexibility index (Phi) is 9.15. The van der Waals surface area contributed by atoms with E-state index in [1.54, 1.807) is 24.3 Å². The molecule has 1 aromatic carbocycles. The van der Waals surface area contributed by atoms with Crippen molar-refractivity contribution in [3.63, 3.8) is 0 Å². The maximum absolute atomic E-state index is 11.5. The fourth-order valence-electron chi connectivity index (χ4n) is 2.75. The van der Waals surface area contributed by atoms with Crippen molar-refractivity contribution in [2.24, 2.45) is 4.99 Å². The molecule has 0 radical (unpaired) electrons. The number of halogens is 1. The second-order valence-corrected chi connectivity index (χ2v) is 8.28. The lowest BCUT2D eigenvalue weighted by Crippen LogP contribution is -2.45. The molecule has 0 unspecified atom stereocenters. The number of rotatable bonds is 5. The number of nitrogens with zero attached hydrogens (tertiary/aromatic N) is 1. The first-order chi connectivity index (χ1) is 11.4. The molecule has 0 aromatic heterocycles. The van der Waals surface area contributed by atoms with E-state index >= 15 is 0 Å². The molecule has 0 saturated heterocycles. The Morgan fingerprint density at radius 1 is 1.20 bits per heavy atom. The maximum Gasteiger partial charge on any atom is 0.191 e. The summed E-state index contributed by atoms with van der Waals surface area (Å²) >= 11 is 0. The van der Waals surface area contributed by atoms with Crippen molar-refractivity contribution in [3.05, 3.63) is 29.8 Å². The molecule has 0 bridgehead atoms. The van der Waals surface area contributed by atoms with Gasteiger partial charge < -0.3 is 15.7 Å². The predicted molar refractivity (Wildman–Crippen MR) is 111 cm³/mol. The highest BCUT2D eigenvalue weighted by molar-refractivity contribution is 14.0. The van der Waals surface area contributed by atoms with Gasteiger partial charge in [-0.15, -0.1) is 24.0 Å². The topological polar surface area (TPSA) is 90.8 Å². The van der Waals surface area contributed by atoms with Gasteiger partial charge in [-0.1, -0.05) is 12.1 Å². The van der Waals surface area contributed by atoms with Crippen molar-refractivity contribution < 1.29 is 13.5 Å². The van der Waals surface area contributed by atoms with Gasteiger partial charge in [0.05, 0.1) is 17.5 Å². The van der Waals surface area contributed by atoms with Crippen LogP contribution in [0.1, 0.15) is 38.2 Å². The minimum absolute atomic E-state index is 0. The van der Waals surface area contributed by atoms with Crippen molar-refractivity contribution in [1.29, 1.82) is 0 Å². The van der Waals surface area contributed by atoms with E-state index < -0.39 is 9.84 Å². The van der Waals surface area contributed by atoms with Crippen LogP contribution in [-0.4, -0.2) is 44.4 Å². The summed E-state index contributed by atoms with van der Waals surface area (Å²) < 4.78 is 22.9. The van der Waals surface area contributed by atoms with Gasteiger partial charge in [0.25, 0.3) is 0 Å². The van der Waals surface area contributed by atoms with E-state index in [-0.39, 0.29) is 30.1 Å². The summed E-state index contributed by atoms with van der Waals surface area (Å²) in [6.45, 7) is 3.27. The third kappa shape index (κ3) is 7.49. The van der Waals surface area contributed by atoms with Gasteiger partial charge in [-0.25, -0.2) is 13.4 Å². The van der Waals surface area contributed by atoms with Crippen LogP contribution in [0.4, 0.5) is 0 Å². The van der Waals surface area contributed by atoms with Crippen molar-refractivity contribution in [2.45, 2.75) is 56.2 Å². The second-order valence-electron chi connectivity index (χ2n) is 6.26. The summed E-state index contributed by atoms with van der Waals surface area (Å²) in [4.78, 5) is 4.89. The molecule has 2 rings (SSSR count). The van der Waals surface area contributed by atoms with Gasteiger partial charge >= 0.3 is 0 Å². The summed E-state index contributed by atoms with van der Waals surface area (Å²) in [6.07, 6.45) is 4.56. The summed E-state index contributed by atoms with van der Waals surface area (Å²) in [5, 5.41) is 16.2. The number of guanidine groups is 1. The van der Waals surface area contributed by atoms with Crippen LogP contribution in [0.15, 0.2) is 34.2 Å². The summed E-state index contributed by atoms with van der Waals surface area (Å²) in [5.74, 6) is 0.756. The Hall–Kier alpha value is -0.870. The number of aliphatic hydroxyl groups excluding tert-OH is 1. The smallest absolute Gasteiger partial charge is 0.191 e. The standard InChI is InChI=1S/C17H27N3O3S.HI/c1-3-18-17(20-14-6-8-15(21)9-7-14)19-12-13-4-10-16(11-5-13)24(2,22)23;/h4-5,10-11,14-15,21H,3,6-9,12H2,1-2H3,(H2,18,19,20);1H. The minimum Gasteiger partial charge on any atom is -0.393 e. The summed E-state index contributed by atoms with van der Waals surface area (Å²) in [5.41, 5.74) is 0.957. The van der Waals surface area contributed by atoms with E-state index in [9.17, 15) is 13.5 Å². The van der Waals surface area contributed by atoms with Crippen LogP contribution in [0.3, 0.4) is 0 Å². The second kappa shape index (κ2) is 10.3. The zero-order valence-corrected chi connectivity index (χ0v) is 17.9. The SMILES string of the molecule is CCNC(=NCc1ccc(S(C)(=O)=O)cc1)NC1CCC(O)CC1.I. The number of hydrogen-bond donors (Lipinski definition) is 3. The molecule has 0 aliphatic heterocycles. The van der Waals surface area contributed by atoms with Gasteiger partial charge in [-0.3, -0.25) is 0 Å². The highest BCUT2D eigenvalue weighted by Crippen LogP contribution is 2.18. The van der Waals surface area contributed by atoms with E-state index in [1.807, 2.05) is 6.92 Å². The van der Waals surface area contributed by atoms with Crippen LogP contribution in [-0.2, 0) is 16.4 Å². The highest BCUT2D eigenvalue weighted by atomic mass is 127. The lowest BCUT2D eigenvalue weighted by atomic mass is 9.93. The van der Waals surface area contributed by atoms with Crippen molar-refractivity contribution in [1.82, 2.24) is 10.6 Å². The van der Waals surface area contributed by atoms with Gasteiger partial charge in [-0.2, -0.15) is 0 Å². The molecule has 25 heavy (non-hydrogen) atoms. The Morgan fingerprint density at radius 2 is 1.80 bits per heavy atom. The number of nitrogens with one attached hydrogen (secondary N) is 2. The fraction of sp³-hybridized carbons (Fsp3) is 0.588. The average Bonchev–Trinajstić information content (AvgIpc) is 2.54. The highest BCUT2D eigenvalue weighted by Gasteiger charge is 2.19. The number of aliphatic imine (C=N–C) groups is 1. The number of benzene rings is 1. The Labute approximate surface area is 167 Å². The van der Waals surface area contributed by atoms with Crippen LogP contribution in [0.2, 0.25) is 0 Å². The van der Waals surface area contributed by atoms with Crippen LogP contribution in [0.5, 0.6) is 0 Å². The van der Waals surface area contributed by atoms with Crippen LogP contribution < -0.4 is 10.6 Å². The Bertz CT molecular complexity index is 654. The van der Waals surface area contributed by atoms with E-state index in [2.05, 4.69) is 15.6 Å². The molecular formula is C17H28IN3O3S. The van der Waals surface area contributed by atoms with Gasteiger partial charge in [0.15, 0.2) is 15.8 Å². The van der Waals surface area contributed by atoms with Crippen molar-refractivity contribution in [3.8, 4) is 0 Å². The molecule has 0 heterocycles. The van der Waals surface area contributed by atoms with E-state index in [1.165, 1.54) is 6.26 Å². The zero-order chi connectivity index (χ0) is 17.6. The Balaban J connectivity index is 0.00000312. The maximum atomic E-state index is 11.5. The van der Waals surface area contributed by atoms with Gasteiger partial charge in [0.1, 0.15) is 0 Å². The lowest BCUT2D eigenvalue weighted by molar-refractivity contribution is 0.120. The average molecular weight is 481 g/mol. The first-order valence-corrected chi connectivity index (χ1v) is 10.3. The molecule has 8 heteroatoms. The first-order valence-electron chi connectivity index (χ1n) is 8.40. The predicted octanol–water partition coefficient (Wildman–Crippen LogP) is 2.07. The molecule has 0 spiro atoms. The molecule has 0 amide bonds. The fourth-order valence-corrected chi connectivity index (χ4v) is 3.38. The molecule has 1 aromatic rings. The van der Waals surface area contributed by atoms with Crippen LogP contribution >= 0.6 is 24.0 Å². The number of aliphatic hydroxyl groups is 1. The van der Waals surface area contributed by atoms with E-state index in [0.717, 1.165) is 43.8 Å². The van der Waals surface area contributed by atoms with E-state index in [4.69, 9.17) is 0 Å². The monoisotopic (exact) mass is 481 g/mol. The summed E-state index contributed by atoms with van der Waals surface area (Å²) in [6, 6.07) is 7.14. The number of hydrogen-bond acceptors (Lipinski definition) is 4. The van der Waals surface area contributed by atoms with Crippen molar-refractivity contribution >= 4 is 39.8 Å². The Morgan fingerprint density at radius 3 is 2.32 bits per heavy atom. The summed E-state index contributed by atoms with van der Waals surface area (Å²) in [7, 11) is -3.16. The van der Waals surface area contributed by atoms with Gasteiger partial charge in [0, 0.05) is 18.8 Å². The van der Waals surface area contributed by atoms with Crippen LogP contribution in [0.25, 0.3) is 0 Å². The molecule has 142 valence electrons. The lowest BCUT2D eigenvalue weighted by Gasteiger charge is -2.27. The van der Waals surface area contributed by atoms with Crippen molar-refractivity contribution in [2.75, 3.05) is 12.8 Å². The molecule has 3 N–H and O–H groups in total. The van der Waals surface area contributed by atoms with Crippen LogP contribution in [0, 0.1) is 0 Å². The molecule has 1 aliphatic rings. The third-order valence-electron chi connectivity index (χ3n) is 4.15. The van der Waals surface area contributed by atoms with Gasteiger partial charge in [0.2, 0.25) is 0 Å². The minimum atomic E-state index is -3.16. The molecule has 6 nitrogen and oxygen atoms in total. The quantitative estimate of drug-likeness (QED) is 0.341. The third-order valence-corrected chi connectivity index (χ3v) is 5.28. The largest absolute Gasteiger partial charge is 0.393 e.